The molecule has 1 aromatic rings. The zero-order chi connectivity index (χ0) is 19.2. The lowest BCUT2D eigenvalue weighted by atomic mass is 9.96. The predicted molar refractivity (Wildman–Crippen MR) is 96.0 cm³/mol. The van der Waals surface area contributed by atoms with Crippen LogP contribution >= 0.6 is 0 Å². The molecule has 27 heavy (non-hydrogen) atoms. The molecule has 1 aromatic carbocycles. The van der Waals surface area contributed by atoms with Crippen LogP contribution < -0.4 is 0 Å². The average Bonchev–Trinajstić information content (AvgIpc) is 3.44. The number of carbonyl (C=O) groups excluding carboxylic acids is 2. The molecule has 2 saturated heterocycles. The van der Waals surface area contributed by atoms with E-state index in [1.165, 1.54) is 4.90 Å². The smallest absolute Gasteiger partial charge is 0.328 e. The van der Waals surface area contributed by atoms with Gasteiger partial charge in [-0.25, -0.2) is 4.79 Å². The van der Waals surface area contributed by atoms with E-state index in [0.717, 1.165) is 18.4 Å². The quantitative estimate of drug-likeness (QED) is 0.872. The lowest BCUT2D eigenvalue weighted by molar-refractivity contribution is -0.148. The van der Waals surface area contributed by atoms with E-state index >= 15 is 0 Å². The number of carbonyl (C=O) groups is 3. The van der Waals surface area contributed by atoms with Crippen molar-refractivity contribution < 1.29 is 24.2 Å². The van der Waals surface area contributed by atoms with Gasteiger partial charge >= 0.3 is 5.97 Å². The van der Waals surface area contributed by atoms with Crippen molar-refractivity contribution in [3.63, 3.8) is 0 Å². The van der Waals surface area contributed by atoms with Gasteiger partial charge in [0, 0.05) is 37.4 Å². The highest BCUT2D eigenvalue weighted by molar-refractivity contribution is 5.97. The third-order valence-electron chi connectivity index (χ3n) is 5.85. The number of hydrogen-bond donors (Lipinski definition) is 1. The van der Waals surface area contributed by atoms with Gasteiger partial charge in [0.25, 0.3) is 5.91 Å². The molecule has 1 saturated carbocycles. The molecule has 0 unspecified atom stereocenters. The van der Waals surface area contributed by atoms with Crippen LogP contribution in [0.5, 0.6) is 0 Å². The summed E-state index contributed by atoms with van der Waals surface area (Å²) in [5.74, 6) is -1.07. The second-order valence-corrected chi connectivity index (χ2v) is 7.75. The fraction of sp³-hybridized carbons (Fsp3) is 0.550. The van der Waals surface area contributed by atoms with Gasteiger partial charge in [-0.05, 0) is 31.9 Å². The minimum absolute atomic E-state index is 0.0243. The summed E-state index contributed by atoms with van der Waals surface area (Å²) in [6.45, 7) is 2.88. The topological polar surface area (TPSA) is 87.2 Å². The summed E-state index contributed by atoms with van der Waals surface area (Å²) in [7, 11) is 0. The van der Waals surface area contributed by atoms with E-state index in [1.54, 1.807) is 12.1 Å². The van der Waals surface area contributed by atoms with Crippen molar-refractivity contribution in [3.8, 4) is 0 Å². The fourth-order valence-corrected chi connectivity index (χ4v) is 4.06. The monoisotopic (exact) mass is 372 g/mol. The van der Waals surface area contributed by atoms with Crippen LogP contribution in [0.3, 0.4) is 0 Å². The van der Waals surface area contributed by atoms with Crippen LogP contribution in [-0.2, 0) is 14.3 Å². The summed E-state index contributed by atoms with van der Waals surface area (Å²) in [5, 5.41) is 9.62. The first-order valence-electron chi connectivity index (χ1n) is 9.47. The van der Waals surface area contributed by atoms with Gasteiger partial charge in [-0.2, -0.15) is 0 Å². The molecule has 0 radical (unpaired) electrons. The number of rotatable bonds is 3. The van der Waals surface area contributed by atoms with Gasteiger partial charge in [0.1, 0.15) is 5.72 Å². The second-order valence-electron chi connectivity index (χ2n) is 7.75. The molecule has 7 heteroatoms. The Morgan fingerprint density at radius 1 is 1.11 bits per heavy atom. The third-order valence-corrected chi connectivity index (χ3v) is 5.85. The Morgan fingerprint density at radius 2 is 1.74 bits per heavy atom. The number of hydrogen-bond acceptors (Lipinski definition) is 4. The molecule has 4 rings (SSSR count). The van der Waals surface area contributed by atoms with Gasteiger partial charge in [-0.15, -0.1) is 0 Å². The number of carboxylic acid groups (broad SMARTS) is 1. The van der Waals surface area contributed by atoms with Crippen LogP contribution in [0.15, 0.2) is 24.3 Å². The highest BCUT2D eigenvalue weighted by Crippen LogP contribution is 2.40. The van der Waals surface area contributed by atoms with Gasteiger partial charge in [-0.3, -0.25) is 14.5 Å². The van der Waals surface area contributed by atoms with Crippen molar-refractivity contribution in [1.29, 1.82) is 0 Å². The third kappa shape index (κ3) is 3.20. The van der Waals surface area contributed by atoms with Gasteiger partial charge in [-0.1, -0.05) is 17.7 Å². The van der Waals surface area contributed by atoms with Crippen molar-refractivity contribution in [2.75, 3.05) is 19.7 Å². The Balaban J connectivity index is 1.57. The maximum Gasteiger partial charge on any atom is 0.328 e. The van der Waals surface area contributed by atoms with E-state index in [4.69, 9.17) is 4.74 Å². The molecule has 3 fully saturated rings. The largest absolute Gasteiger partial charge is 0.480 e. The number of nitrogens with zero attached hydrogens (tertiary/aromatic N) is 2. The summed E-state index contributed by atoms with van der Waals surface area (Å²) < 4.78 is 5.92. The molecule has 2 heterocycles. The molecule has 2 amide bonds. The molecule has 7 nitrogen and oxygen atoms in total. The van der Waals surface area contributed by atoms with Crippen molar-refractivity contribution >= 4 is 17.8 Å². The van der Waals surface area contributed by atoms with Gasteiger partial charge in [0.15, 0.2) is 6.04 Å². The summed E-state index contributed by atoms with van der Waals surface area (Å²) in [6, 6.07) is 6.10. The standard InChI is InChI=1S/C20H24N2O5/c1-13-2-4-15(5-3-13)18(24)22-16(19(25)26)12-27-20(22)8-10-21(11-9-20)17(23)14-6-7-14/h2-5,14,16H,6-12H2,1H3,(H,25,26)/t16-/m1/s1. The first kappa shape index (κ1) is 18.0. The van der Waals surface area contributed by atoms with Crippen molar-refractivity contribution in [1.82, 2.24) is 9.80 Å². The van der Waals surface area contributed by atoms with Crippen LogP contribution in [0.25, 0.3) is 0 Å². The van der Waals surface area contributed by atoms with Crippen LogP contribution in [-0.4, -0.2) is 64.2 Å². The number of carboxylic acids is 1. The number of benzene rings is 1. The summed E-state index contributed by atoms with van der Waals surface area (Å²) in [5.41, 5.74) is 0.527. The van der Waals surface area contributed by atoms with E-state index in [2.05, 4.69) is 0 Å². The Labute approximate surface area is 157 Å². The molecule has 1 spiro atoms. The maximum atomic E-state index is 13.2. The number of aliphatic carboxylic acids is 1. The SMILES string of the molecule is Cc1ccc(C(=O)N2[C@@H](C(=O)O)COC23CCN(C(=O)C2CC2)CC3)cc1. The molecule has 1 atom stereocenters. The lowest BCUT2D eigenvalue weighted by Gasteiger charge is -2.44. The maximum absolute atomic E-state index is 13.2. The second kappa shape index (κ2) is 6.64. The Morgan fingerprint density at radius 3 is 2.30 bits per heavy atom. The molecule has 144 valence electrons. The molecule has 0 bridgehead atoms. The van der Waals surface area contributed by atoms with Crippen molar-refractivity contribution in [3.05, 3.63) is 35.4 Å². The molecule has 1 N–H and O–H groups in total. The van der Waals surface area contributed by atoms with Gasteiger partial charge in [0.05, 0.1) is 6.61 Å². The minimum atomic E-state index is -1.07. The Bertz CT molecular complexity index is 763. The molecule has 0 aromatic heterocycles. The van der Waals surface area contributed by atoms with Crippen LogP contribution in [0, 0.1) is 12.8 Å². The molecule has 2 aliphatic heterocycles. The van der Waals surface area contributed by atoms with E-state index in [-0.39, 0.29) is 24.3 Å². The minimum Gasteiger partial charge on any atom is -0.480 e. The number of likely N-dealkylation sites (tertiary alicyclic amines) is 1. The Kier molecular flexibility index (Phi) is 4.42. The fourth-order valence-electron chi connectivity index (χ4n) is 4.06. The van der Waals surface area contributed by atoms with E-state index in [9.17, 15) is 19.5 Å². The van der Waals surface area contributed by atoms with Crippen molar-refractivity contribution in [2.24, 2.45) is 5.92 Å². The van der Waals surface area contributed by atoms with Gasteiger partial charge < -0.3 is 14.7 Å². The van der Waals surface area contributed by atoms with Crippen LogP contribution in [0.1, 0.15) is 41.6 Å². The predicted octanol–water partition coefficient (Wildman–Crippen LogP) is 1.65. The van der Waals surface area contributed by atoms with E-state index < -0.39 is 17.7 Å². The van der Waals surface area contributed by atoms with E-state index in [0.29, 0.717) is 31.5 Å². The lowest BCUT2D eigenvalue weighted by Crippen LogP contribution is -2.58. The number of ether oxygens (including phenoxy) is 1. The number of piperidine rings is 1. The van der Waals surface area contributed by atoms with Crippen molar-refractivity contribution in [2.45, 2.75) is 44.4 Å². The summed E-state index contributed by atoms with van der Waals surface area (Å²) in [6.07, 6.45) is 2.78. The average molecular weight is 372 g/mol. The first-order valence-corrected chi connectivity index (χ1v) is 9.47. The highest BCUT2D eigenvalue weighted by Gasteiger charge is 2.54. The first-order chi connectivity index (χ1) is 12.9. The van der Waals surface area contributed by atoms with Crippen LogP contribution in [0.2, 0.25) is 0 Å². The summed E-state index contributed by atoms with van der Waals surface area (Å²) >= 11 is 0. The highest BCUT2D eigenvalue weighted by atomic mass is 16.5. The molecule has 1 aliphatic carbocycles. The van der Waals surface area contributed by atoms with Gasteiger partial charge in [0.2, 0.25) is 5.91 Å². The molecule has 3 aliphatic rings. The number of aryl methyl sites for hydroxylation is 1. The summed E-state index contributed by atoms with van der Waals surface area (Å²) in [4.78, 5) is 40.5. The zero-order valence-electron chi connectivity index (χ0n) is 15.4. The number of amides is 2. The molecular weight excluding hydrogens is 348 g/mol. The zero-order valence-corrected chi connectivity index (χ0v) is 15.4. The van der Waals surface area contributed by atoms with E-state index in [1.807, 2.05) is 24.0 Å². The molecular formula is C20H24N2O5. The normalized spacial score (nSPS) is 24.3. The van der Waals surface area contributed by atoms with Crippen LogP contribution in [0.4, 0.5) is 0 Å². The Hall–Kier alpha value is -2.41.